The molecule has 1 amide bonds. The van der Waals surface area contributed by atoms with Gasteiger partial charge in [0.1, 0.15) is 5.15 Å². The molecular formula is C14H19ClN2OS. The van der Waals surface area contributed by atoms with Crippen molar-refractivity contribution in [2.45, 2.75) is 37.9 Å². The van der Waals surface area contributed by atoms with Gasteiger partial charge in [0.15, 0.2) is 0 Å². The first-order chi connectivity index (χ1) is 9.19. The van der Waals surface area contributed by atoms with Crippen LogP contribution in [0.5, 0.6) is 0 Å². The van der Waals surface area contributed by atoms with Gasteiger partial charge in [-0.3, -0.25) is 4.79 Å². The lowest BCUT2D eigenvalue weighted by Gasteiger charge is -2.21. The first-order valence-electron chi connectivity index (χ1n) is 6.75. The van der Waals surface area contributed by atoms with Crippen LogP contribution in [-0.4, -0.2) is 28.4 Å². The standard InChI is InChI=1S/C14H19ClN2OS/c1-2-11-7-10(8-13(15)17-11)14(18)16-9-12-5-3-4-6-19-12/h7-8,12H,2-6,9H2,1H3,(H,16,18). The summed E-state index contributed by atoms with van der Waals surface area (Å²) in [4.78, 5) is 16.3. The third-order valence-electron chi connectivity index (χ3n) is 3.24. The molecule has 1 aromatic rings. The van der Waals surface area contributed by atoms with E-state index in [-0.39, 0.29) is 5.91 Å². The van der Waals surface area contributed by atoms with Crippen molar-refractivity contribution < 1.29 is 4.79 Å². The Morgan fingerprint density at radius 1 is 1.53 bits per heavy atom. The molecule has 1 aliphatic rings. The monoisotopic (exact) mass is 298 g/mol. The minimum atomic E-state index is -0.0508. The number of nitrogens with zero attached hydrogens (tertiary/aromatic N) is 1. The number of carbonyl (C=O) groups is 1. The lowest BCUT2D eigenvalue weighted by atomic mass is 10.1. The van der Waals surface area contributed by atoms with Crippen molar-refractivity contribution in [2.75, 3.05) is 12.3 Å². The maximum absolute atomic E-state index is 12.1. The van der Waals surface area contributed by atoms with E-state index in [1.807, 2.05) is 24.8 Å². The summed E-state index contributed by atoms with van der Waals surface area (Å²) in [6, 6.07) is 3.44. The SMILES string of the molecule is CCc1cc(C(=O)NCC2CCCCS2)cc(Cl)n1. The molecule has 1 saturated heterocycles. The summed E-state index contributed by atoms with van der Waals surface area (Å²) in [5, 5.41) is 3.94. The van der Waals surface area contributed by atoms with Crippen molar-refractivity contribution in [1.82, 2.24) is 10.3 Å². The highest BCUT2D eigenvalue weighted by molar-refractivity contribution is 7.99. The van der Waals surface area contributed by atoms with Crippen LogP contribution in [0.15, 0.2) is 12.1 Å². The Balaban J connectivity index is 1.93. The van der Waals surface area contributed by atoms with E-state index in [4.69, 9.17) is 11.6 Å². The van der Waals surface area contributed by atoms with Crippen molar-refractivity contribution in [3.8, 4) is 0 Å². The minimum Gasteiger partial charge on any atom is -0.351 e. The molecule has 0 spiro atoms. The van der Waals surface area contributed by atoms with Crippen LogP contribution in [-0.2, 0) is 6.42 Å². The zero-order valence-corrected chi connectivity index (χ0v) is 12.7. The summed E-state index contributed by atoms with van der Waals surface area (Å²) in [5.74, 6) is 1.16. The van der Waals surface area contributed by atoms with Crippen molar-refractivity contribution in [3.05, 3.63) is 28.5 Å². The van der Waals surface area contributed by atoms with Gasteiger partial charge in [0.05, 0.1) is 0 Å². The maximum Gasteiger partial charge on any atom is 0.251 e. The van der Waals surface area contributed by atoms with Crippen LogP contribution in [0, 0.1) is 0 Å². The van der Waals surface area contributed by atoms with E-state index in [2.05, 4.69) is 10.3 Å². The summed E-state index contributed by atoms with van der Waals surface area (Å²) in [6.07, 6.45) is 4.55. The second-order valence-electron chi connectivity index (χ2n) is 4.72. The molecule has 1 atom stereocenters. The topological polar surface area (TPSA) is 42.0 Å². The average Bonchev–Trinajstić information content (AvgIpc) is 2.45. The fourth-order valence-electron chi connectivity index (χ4n) is 2.14. The van der Waals surface area contributed by atoms with Crippen molar-refractivity contribution in [1.29, 1.82) is 0 Å². The highest BCUT2D eigenvalue weighted by Gasteiger charge is 2.15. The van der Waals surface area contributed by atoms with Crippen LogP contribution in [0.1, 0.15) is 42.2 Å². The molecule has 1 aromatic heterocycles. The van der Waals surface area contributed by atoms with Gasteiger partial charge in [0.25, 0.3) is 5.91 Å². The van der Waals surface area contributed by atoms with Gasteiger partial charge in [-0.2, -0.15) is 11.8 Å². The van der Waals surface area contributed by atoms with Gasteiger partial charge in [-0.25, -0.2) is 4.98 Å². The highest BCUT2D eigenvalue weighted by atomic mass is 35.5. The molecule has 0 radical (unpaired) electrons. The zero-order valence-electron chi connectivity index (χ0n) is 11.1. The van der Waals surface area contributed by atoms with E-state index in [1.54, 1.807) is 6.07 Å². The number of aryl methyl sites for hydroxylation is 1. The van der Waals surface area contributed by atoms with Gasteiger partial charge >= 0.3 is 0 Å². The van der Waals surface area contributed by atoms with Gasteiger partial charge in [0, 0.05) is 23.1 Å². The van der Waals surface area contributed by atoms with Gasteiger partial charge in [0.2, 0.25) is 0 Å². The molecule has 1 fully saturated rings. The molecule has 0 aromatic carbocycles. The number of nitrogens with one attached hydrogen (secondary N) is 1. The number of thioether (sulfide) groups is 1. The Labute approximate surface area is 123 Å². The van der Waals surface area contributed by atoms with Crippen LogP contribution in [0.4, 0.5) is 0 Å². The molecule has 1 unspecified atom stereocenters. The number of hydrogen-bond donors (Lipinski definition) is 1. The number of amides is 1. The summed E-state index contributed by atoms with van der Waals surface area (Å²) in [6.45, 7) is 2.74. The second-order valence-corrected chi connectivity index (χ2v) is 6.52. The number of rotatable bonds is 4. The lowest BCUT2D eigenvalue weighted by molar-refractivity contribution is 0.0953. The smallest absolute Gasteiger partial charge is 0.251 e. The van der Waals surface area contributed by atoms with Crippen molar-refractivity contribution in [3.63, 3.8) is 0 Å². The molecule has 19 heavy (non-hydrogen) atoms. The predicted molar refractivity (Wildman–Crippen MR) is 81.1 cm³/mol. The van der Waals surface area contributed by atoms with E-state index in [0.717, 1.165) is 18.7 Å². The quantitative estimate of drug-likeness (QED) is 0.867. The molecule has 1 aliphatic heterocycles. The molecule has 104 valence electrons. The molecule has 1 N–H and O–H groups in total. The third kappa shape index (κ3) is 4.39. The lowest BCUT2D eigenvalue weighted by Crippen LogP contribution is -2.32. The van der Waals surface area contributed by atoms with E-state index >= 15 is 0 Å². The highest BCUT2D eigenvalue weighted by Crippen LogP contribution is 2.24. The number of halogens is 1. The number of carbonyl (C=O) groups excluding carboxylic acids is 1. The van der Waals surface area contributed by atoms with Gasteiger partial charge in [-0.15, -0.1) is 0 Å². The molecule has 5 heteroatoms. The summed E-state index contributed by atoms with van der Waals surface area (Å²) >= 11 is 7.88. The largest absolute Gasteiger partial charge is 0.351 e. The summed E-state index contributed by atoms with van der Waals surface area (Å²) < 4.78 is 0. The first kappa shape index (κ1) is 14.7. The average molecular weight is 299 g/mol. The van der Waals surface area contributed by atoms with Crippen LogP contribution in [0.25, 0.3) is 0 Å². The van der Waals surface area contributed by atoms with E-state index in [0.29, 0.717) is 16.0 Å². The maximum atomic E-state index is 12.1. The van der Waals surface area contributed by atoms with E-state index in [9.17, 15) is 4.79 Å². The van der Waals surface area contributed by atoms with Gasteiger partial charge in [-0.1, -0.05) is 24.9 Å². The minimum absolute atomic E-state index is 0.0508. The fourth-order valence-corrected chi connectivity index (χ4v) is 3.61. The van der Waals surface area contributed by atoms with E-state index in [1.165, 1.54) is 25.0 Å². The third-order valence-corrected chi connectivity index (χ3v) is 4.83. The fraction of sp³-hybridized carbons (Fsp3) is 0.571. The Hall–Kier alpha value is -0.740. The Bertz CT molecular complexity index is 447. The summed E-state index contributed by atoms with van der Waals surface area (Å²) in [7, 11) is 0. The molecule has 3 nitrogen and oxygen atoms in total. The molecule has 0 aliphatic carbocycles. The normalized spacial score (nSPS) is 19.2. The van der Waals surface area contributed by atoms with Crippen LogP contribution in [0.3, 0.4) is 0 Å². The number of hydrogen-bond acceptors (Lipinski definition) is 3. The second kappa shape index (κ2) is 7.15. The van der Waals surface area contributed by atoms with Crippen LogP contribution in [0.2, 0.25) is 5.15 Å². The van der Waals surface area contributed by atoms with Crippen molar-refractivity contribution in [2.24, 2.45) is 0 Å². The van der Waals surface area contributed by atoms with Crippen molar-refractivity contribution >= 4 is 29.3 Å². The van der Waals surface area contributed by atoms with Crippen LogP contribution < -0.4 is 5.32 Å². The molecule has 0 bridgehead atoms. The van der Waals surface area contributed by atoms with E-state index < -0.39 is 0 Å². The first-order valence-corrected chi connectivity index (χ1v) is 8.18. The van der Waals surface area contributed by atoms with Gasteiger partial charge in [-0.05, 0) is 37.1 Å². The number of aromatic nitrogens is 1. The Kier molecular flexibility index (Phi) is 5.52. The Morgan fingerprint density at radius 2 is 2.37 bits per heavy atom. The Morgan fingerprint density at radius 3 is 3.05 bits per heavy atom. The van der Waals surface area contributed by atoms with Crippen LogP contribution >= 0.6 is 23.4 Å². The van der Waals surface area contributed by atoms with Gasteiger partial charge < -0.3 is 5.32 Å². The zero-order chi connectivity index (χ0) is 13.7. The predicted octanol–water partition coefficient (Wildman–Crippen LogP) is 3.31. The molecular weight excluding hydrogens is 280 g/mol. The summed E-state index contributed by atoms with van der Waals surface area (Å²) in [5.41, 5.74) is 1.46. The molecule has 0 saturated carbocycles. The molecule has 2 rings (SSSR count). The number of pyridine rings is 1. The molecule has 2 heterocycles.